The molecule has 0 atom stereocenters. The molecule has 0 aliphatic carbocycles. The number of hydrogen-bond acceptors (Lipinski definition) is 15. The van der Waals surface area contributed by atoms with Crippen molar-refractivity contribution in [2.75, 3.05) is 27.3 Å². The second-order valence-electron chi connectivity index (χ2n) is 16.3. The summed E-state index contributed by atoms with van der Waals surface area (Å²) >= 11 is 0. The zero-order valence-electron chi connectivity index (χ0n) is 42.6. The van der Waals surface area contributed by atoms with E-state index < -0.39 is 5.60 Å². The van der Waals surface area contributed by atoms with Gasteiger partial charge in [0, 0.05) is 36.3 Å². The van der Waals surface area contributed by atoms with Gasteiger partial charge in [0.25, 0.3) is 0 Å². The van der Waals surface area contributed by atoms with E-state index in [1.54, 1.807) is 72.8 Å². The number of aromatic hydroxyl groups is 2. The summed E-state index contributed by atoms with van der Waals surface area (Å²) in [7, 11) is 2.96. The van der Waals surface area contributed by atoms with E-state index in [2.05, 4.69) is 34.0 Å². The van der Waals surface area contributed by atoms with Crippen LogP contribution in [0.1, 0.15) is 76.7 Å². The van der Waals surface area contributed by atoms with Crippen LogP contribution in [0.3, 0.4) is 0 Å². The van der Waals surface area contributed by atoms with Gasteiger partial charge in [-0.1, -0.05) is 118 Å². The first-order valence-corrected chi connectivity index (χ1v) is 22.5. The number of esters is 1. The molecular weight excluding hydrogens is 1010 g/mol. The number of phenolic OH excluding ortho intramolecular Hbond substituents is 2. The van der Waals surface area contributed by atoms with Gasteiger partial charge in [0.05, 0.1) is 37.5 Å². The zero-order valence-corrected chi connectivity index (χ0v) is 45.4. The number of nitrogens with zero attached hydrogens (tertiary/aromatic N) is 3. The number of azo groups is 1. The molecule has 4 N–H and O–H groups in total. The smallest absolute Gasteiger partial charge is 0.507 e. The van der Waals surface area contributed by atoms with Gasteiger partial charge in [-0.2, -0.15) is 5.11 Å². The monoisotopic (exact) mass is 1070 g/mol. The SMILES string of the molecule is C.C=CC(=O)NCCc1ccc(CC(=O)OC(C)(C)C)cc1.C=CC(=O)NCCc1ccc(N=Nc2cc(C(=O)c3ccccc3)c(O)cc2OC)cc1.COc1ccc(C(=O)c2ccccc2)c(O)c1.Cl.O=N[O-].[Na+]. The largest absolute Gasteiger partial charge is 1.00 e. The molecule has 396 valence electrons. The summed E-state index contributed by atoms with van der Waals surface area (Å²) in [6.07, 6.45) is 4.18. The fourth-order valence-electron chi connectivity index (χ4n) is 6.31. The summed E-state index contributed by atoms with van der Waals surface area (Å²) in [4.78, 5) is 66.8. The summed E-state index contributed by atoms with van der Waals surface area (Å²) in [5, 5.41) is 43.0. The zero-order chi connectivity index (χ0) is 53.8. The first-order valence-electron chi connectivity index (χ1n) is 22.5. The van der Waals surface area contributed by atoms with Crippen LogP contribution in [0.15, 0.2) is 180 Å². The van der Waals surface area contributed by atoms with Gasteiger partial charge in [0.15, 0.2) is 11.6 Å². The van der Waals surface area contributed by atoms with Crippen molar-refractivity contribution in [2.24, 2.45) is 15.6 Å². The van der Waals surface area contributed by atoms with E-state index in [9.17, 15) is 34.2 Å². The number of methoxy groups -OCH3 is 2. The molecule has 17 nitrogen and oxygen atoms in total. The number of nitrogens with one attached hydrogen (secondary N) is 2. The minimum Gasteiger partial charge on any atom is -0.507 e. The third-order valence-electron chi connectivity index (χ3n) is 9.86. The predicted octanol–water partition coefficient (Wildman–Crippen LogP) is 8.25. The molecule has 0 aromatic heterocycles. The maximum absolute atomic E-state index is 12.8. The van der Waals surface area contributed by atoms with Crippen molar-refractivity contribution in [3.05, 3.63) is 214 Å². The van der Waals surface area contributed by atoms with Crippen LogP contribution in [0.5, 0.6) is 23.0 Å². The Kier molecular flexibility index (Phi) is 32.3. The molecule has 0 heterocycles. The standard InChI is InChI=1S/C25H23N3O4.C17H23NO3.C14H12O3.CH4.ClH.HNO2.Na/c1-3-24(30)26-14-13-17-9-11-19(12-10-17)27-28-21-15-20(22(29)16-23(21)32-2)25(31)18-7-5-4-6-8-18;1-5-15(19)18-11-10-13-6-8-14(9-7-13)12-16(20)21-17(2,3)4;1-17-11-7-8-12(13(15)9-11)14(16)10-5-3-2-4-6-10;;;2-1-3;/h3-12,15-16,29H,1,13-14H2,2H3,(H,26,30);5-9H,1,10-12H2,2-4H3,(H,18,19);2-9,15H,1H3;1H4;1H;(H,2,3);/q;;;;;;+1/p-1. The minimum atomic E-state index is -0.458. The quantitative estimate of drug-likeness (QED) is 0.0121. The Morgan fingerprint density at radius 3 is 1.51 bits per heavy atom. The fraction of sp³-hybridized carbons (Fsp3) is 0.211. The van der Waals surface area contributed by atoms with Gasteiger partial charge in [-0.25, -0.2) is 0 Å². The van der Waals surface area contributed by atoms with Crippen molar-refractivity contribution >= 4 is 53.1 Å². The molecule has 19 heteroatoms. The van der Waals surface area contributed by atoms with Crippen LogP contribution in [-0.4, -0.2) is 72.5 Å². The van der Waals surface area contributed by atoms with Crippen LogP contribution in [0.4, 0.5) is 11.4 Å². The van der Waals surface area contributed by atoms with Gasteiger partial charge < -0.3 is 45.2 Å². The average Bonchev–Trinajstić information content (AvgIpc) is 3.39. The molecule has 0 unspecified atom stereocenters. The molecule has 0 saturated carbocycles. The molecule has 0 aliphatic rings. The van der Waals surface area contributed by atoms with Crippen LogP contribution in [0.25, 0.3) is 0 Å². The van der Waals surface area contributed by atoms with E-state index in [4.69, 9.17) is 24.3 Å². The van der Waals surface area contributed by atoms with E-state index in [0.29, 0.717) is 53.5 Å². The van der Waals surface area contributed by atoms with E-state index >= 15 is 0 Å². The normalized spacial score (nSPS) is 9.86. The Bertz CT molecular complexity index is 2830. The molecule has 0 spiro atoms. The maximum Gasteiger partial charge on any atom is 1.00 e. The maximum atomic E-state index is 12.8. The molecule has 0 saturated heterocycles. The molecule has 6 aromatic carbocycles. The van der Waals surface area contributed by atoms with Crippen molar-refractivity contribution < 1.29 is 78.0 Å². The van der Waals surface area contributed by atoms with Crippen molar-refractivity contribution in [1.82, 2.24) is 10.6 Å². The third kappa shape index (κ3) is 24.4. The van der Waals surface area contributed by atoms with Crippen molar-refractivity contribution in [2.45, 2.75) is 53.1 Å². The van der Waals surface area contributed by atoms with Gasteiger partial charge in [0.2, 0.25) is 11.8 Å². The molecule has 0 fully saturated rings. The molecule has 6 rings (SSSR count). The number of carbonyl (C=O) groups excluding carboxylic acids is 5. The number of ether oxygens (including phenoxy) is 3. The molecule has 2 amide bonds. The Labute approximate surface area is 471 Å². The second-order valence-corrected chi connectivity index (χ2v) is 16.3. The van der Waals surface area contributed by atoms with Crippen LogP contribution < -0.4 is 49.7 Å². The average molecular weight is 1070 g/mol. The summed E-state index contributed by atoms with van der Waals surface area (Å²) in [6.45, 7) is 13.4. The number of benzene rings is 6. The number of amides is 2. The van der Waals surface area contributed by atoms with Gasteiger partial charge in [-0.05, 0) is 92.8 Å². The van der Waals surface area contributed by atoms with Crippen LogP contribution in [-0.2, 0) is 38.4 Å². The number of phenols is 2. The van der Waals surface area contributed by atoms with Crippen molar-refractivity contribution in [3.8, 4) is 23.0 Å². The third-order valence-corrected chi connectivity index (χ3v) is 9.86. The Morgan fingerprint density at radius 1 is 0.632 bits per heavy atom. The van der Waals surface area contributed by atoms with E-state index in [0.717, 1.165) is 28.5 Å². The molecule has 6 aromatic rings. The Hall–Kier alpha value is -7.96. The first kappa shape index (κ1) is 68.0. The number of hydrogen-bond donors (Lipinski definition) is 4. The van der Waals surface area contributed by atoms with E-state index in [-0.39, 0.29) is 108 Å². The van der Waals surface area contributed by atoms with Crippen molar-refractivity contribution in [1.29, 1.82) is 0 Å². The Balaban J connectivity index is 0.00000112. The number of rotatable bonds is 18. The minimum absolute atomic E-state index is 0. The van der Waals surface area contributed by atoms with Gasteiger partial charge >= 0.3 is 35.5 Å². The number of carbonyl (C=O) groups is 5. The first-order chi connectivity index (χ1) is 34.9. The van der Waals surface area contributed by atoms with E-state index in [1.165, 1.54) is 44.6 Å². The Morgan fingerprint density at radius 2 is 1.08 bits per heavy atom. The molecule has 0 bridgehead atoms. The summed E-state index contributed by atoms with van der Waals surface area (Å²) in [5.41, 5.74) is 4.92. The molecule has 0 radical (unpaired) electrons. The van der Waals surface area contributed by atoms with E-state index in [1.807, 2.05) is 69.3 Å². The molecular formula is C57H63ClN5NaO12. The topological polar surface area (TPSA) is 255 Å². The van der Waals surface area contributed by atoms with Crippen LogP contribution in [0, 0.1) is 10.1 Å². The number of ketones is 2. The van der Waals surface area contributed by atoms with Crippen molar-refractivity contribution in [3.63, 3.8) is 0 Å². The van der Waals surface area contributed by atoms with Gasteiger partial charge in [-0.3, -0.25) is 24.0 Å². The van der Waals surface area contributed by atoms with Crippen LogP contribution >= 0.6 is 12.4 Å². The van der Waals surface area contributed by atoms with Gasteiger partial charge in [0.1, 0.15) is 34.3 Å². The summed E-state index contributed by atoms with van der Waals surface area (Å²) in [6, 6.07) is 40.1. The fourth-order valence-corrected chi connectivity index (χ4v) is 6.31. The van der Waals surface area contributed by atoms with Crippen LogP contribution in [0.2, 0.25) is 0 Å². The molecule has 76 heavy (non-hydrogen) atoms. The number of halogens is 1. The summed E-state index contributed by atoms with van der Waals surface area (Å²) in [5.74, 6) is -0.576. The predicted molar refractivity (Wildman–Crippen MR) is 293 cm³/mol. The second kappa shape index (κ2) is 36.1. The summed E-state index contributed by atoms with van der Waals surface area (Å²) < 4.78 is 15.5. The van der Waals surface area contributed by atoms with Gasteiger partial charge in [-0.15, -0.1) is 22.9 Å². The molecule has 0 aliphatic heterocycles.